The normalized spacial score (nSPS) is 19.1. The number of allylic oxidation sites excluding steroid dienone is 1. The molecule has 8 nitrogen and oxygen atoms in total. The zero-order chi connectivity index (χ0) is 16.6. The summed E-state index contributed by atoms with van der Waals surface area (Å²) in [5.41, 5.74) is 0.748. The van der Waals surface area contributed by atoms with Gasteiger partial charge in [-0.15, -0.1) is 0 Å². The molecule has 1 fully saturated rings. The summed E-state index contributed by atoms with van der Waals surface area (Å²) in [5, 5.41) is 10.6. The predicted molar refractivity (Wildman–Crippen MR) is 76.5 cm³/mol. The molecule has 0 bridgehead atoms. The van der Waals surface area contributed by atoms with Crippen LogP contribution >= 0.6 is 0 Å². The standard InChI is InChI=1S/C15H14N2O6/c1-2-11-14(16-12(18)7-13(16)23-11)15(19)22-8-9-3-5-10(6-4-9)17(20)21/h3-6,13H,2,7-8H2,1H3/t13-/m0/s1. The van der Waals surface area contributed by atoms with E-state index in [-0.39, 0.29) is 36.5 Å². The smallest absolute Gasteiger partial charge is 0.359 e. The van der Waals surface area contributed by atoms with Gasteiger partial charge >= 0.3 is 5.97 Å². The zero-order valence-electron chi connectivity index (χ0n) is 12.4. The minimum atomic E-state index is -0.629. The Balaban J connectivity index is 1.67. The summed E-state index contributed by atoms with van der Waals surface area (Å²) in [7, 11) is 0. The molecule has 0 aromatic heterocycles. The molecule has 0 radical (unpaired) electrons. The fraction of sp³-hybridized carbons (Fsp3) is 0.333. The van der Waals surface area contributed by atoms with Crippen molar-refractivity contribution >= 4 is 17.6 Å². The molecule has 2 heterocycles. The van der Waals surface area contributed by atoms with Crippen molar-refractivity contribution in [3.8, 4) is 0 Å². The van der Waals surface area contributed by atoms with Gasteiger partial charge in [0.15, 0.2) is 11.9 Å². The Morgan fingerprint density at radius 1 is 1.43 bits per heavy atom. The SMILES string of the molecule is CCC1=C(C(=O)OCc2ccc([N+](=O)[O-])cc2)N2C(=O)C[C@@H]2O1. The summed E-state index contributed by atoms with van der Waals surface area (Å²) in [6, 6.07) is 5.72. The van der Waals surface area contributed by atoms with E-state index >= 15 is 0 Å². The number of nitro groups is 1. The van der Waals surface area contributed by atoms with Crippen LogP contribution in [0.4, 0.5) is 5.69 Å². The van der Waals surface area contributed by atoms with Gasteiger partial charge in [-0.2, -0.15) is 0 Å². The number of ether oxygens (including phenoxy) is 2. The van der Waals surface area contributed by atoms with Crippen molar-refractivity contribution in [1.29, 1.82) is 0 Å². The third-order valence-electron chi connectivity index (χ3n) is 3.72. The van der Waals surface area contributed by atoms with Crippen molar-refractivity contribution < 1.29 is 24.0 Å². The number of carbonyl (C=O) groups is 2. The average Bonchev–Trinajstić information content (AvgIpc) is 2.85. The number of fused-ring (bicyclic) bond motifs is 1. The first kappa shape index (κ1) is 15.0. The minimum absolute atomic E-state index is 0.0331. The monoisotopic (exact) mass is 318 g/mol. The fourth-order valence-electron chi connectivity index (χ4n) is 2.50. The second kappa shape index (κ2) is 5.71. The molecule has 0 unspecified atom stereocenters. The maximum absolute atomic E-state index is 12.2. The Hall–Kier alpha value is -2.90. The lowest BCUT2D eigenvalue weighted by atomic mass is 10.1. The topological polar surface area (TPSA) is 99.0 Å². The van der Waals surface area contributed by atoms with Crippen LogP contribution < -0.4 is 0 Å². The highest BCUT2D eigenvalue weighted by Crippen LogP contribution is 2.37. The second-order valence-corrected chi connectivity index (χ2v) is 5.17. The molecule has 3 rings (SSSR count). The van der Waals surface area contributed by atoms with Crippen LogP contribution in [-0.4, -0.2) is 27.9 Å². The summed E-state index contributed by atoms with van der Waals surface area (Å²) >= 11 is 0. The van der Waals surface area contributed by atoms with Gasteiger partial charge < -0.3 is 9.47 Å². The minimum Gasteiger partial charge on any atom is -0.471 e. The molecule has 8 heteroatoms. The first-order valence-electron chi connectivity index (χ1n) is 7.13. The third-order valence-corrected chi connectivity index (χ3v) is 3.72. The van der Waals surface area contributed by atoms with Gasteiger partial charge in [0.05, 0.1) is 11.3 Å². The second-order valence-electron chi connectivity index (χ2n) is 5.17. The molecule has 120 valence electrons. The van der Waals surface area contributed by atoms with Gasteiger partial charge in [0.25, 0.3) is 5.69 Å². The van der Waals surface area contributed by atoms with Gasteiger partial charge in [-0.3, -0.25) is 19.8 Å². The maximum atomic E-state index is 12.2. The van der Waals surface area contributed by atoms with Crippen molar-refractivity contribution in [2.24, 2.45) is 0 Å². The molecule has 2 aliphatic heterocycles. The number of nitro benzene ring substituents is 1. The zero-order valence-corrected chi connectivity index (χ0v) is 12.4. The Bertz CT molecular complexity index is 709. The van der Waals surface area contributed by atoms with E-state index < -0.39 is 10.9 Å². The number of esters is 1. The largest absolute Gasteiger partial charge is 0.471 e. The van der Waals surface area contributed by atoms with Crippen LogP contribution in [0.5, 0.6) is 0 Å². The number of carbonyl (C=O) groups excluding carboxylic acids is 2. The number of rotatable bonds is 5. The molecule has 0 spiro atoms. The van der Waals surface area contributed by atoms with Crippen LogP contribution in [-0.2, 0) is 25.7 Å². The van der Waals surface area contributed by atoms with Gasteiger partial charge in [-0.25, -0.2) is 4.79 Å². The number of benzene rings is 1. The van der Waals surface area contributed by atoms with Crippen LogP contribution in [0.1, 0.15) is 25.3 Å². The molecular weight excluding hydrogens is 304 g/mol. The Morgan fingerprint density at radius 2 is 2.13 bits per heavy atom. The van der Waals surface area contributed by atoms with Crippen LogP contribution in [0.3, 0.4) is 0 Å². The van der Waals surface area contributed by atoms with Crippen molar-refractivity contribution in [2.45, 2.75) is 32.6 Å². The first-order valence-corrected chi connectivity index (χ1v) is 7.13. The summed E-state index contributed by atoms with van der Waals surface area (Å²) in [6.07, 6.45) is 0.365. The number of nitrogens with zero attached hydrogens (tertiary/aromatic N) is 2. The Morgan fingerprint density at radius 3 is 2.70 bits per heavy atom. The Kier molecular flexibility index (Phi) is 3.73. The lowest BCUT2D eigenvalue weighted by molar-refractivity contribution is -0.384. The van der Waals surface area contributed by atoms with E-state index in [4.69, 9.17) is 9.47 Å². The highest BCUT2D eigenvalue weighted by molar-refractivity contribution is 5.98. The van der Waals surface area contributed by atoms with E-state index in [0.717, 1.165) is 0 Å². The summed E-state index contributed by atoms with van der Waals surface area (Å²) < 4.78 is 10.7. The van der Waals surface area contributed by atoms with Crippen LogP contribution in [0.25, 0.3) is 0 Å². The molecule has 1 aromatic rings. The third kappa shape index (κ3) is 2.63. The number of amides is 1. The van der Waals surface area contributed by atoms with Gasteiger partial charge in [-0.1, -0.05) is 6.92 Å². The molecule has 1 saturated heterocycles. The van der Waals surface area contributed by atoms with Crippen molar-refractivity contribution in [3.05, 3.63) is 51.4 Å². The lowest BCUT2D eigenvalue weighted by Gasteiger charge is -2.33. The van der Waals surface area contributed by atoms with E-state index in [1.807, 2.05) is 6.92 Å². The summed E-state index contributed by atoms with van der Waals surface area (Å²) in [5.74, 6) is -0.342. The van der Waals surface area contributed by atoms with Crippen molar-refractivity contribution in [1.82, 2.24) is 4.90 Å². The summed E-state index contributed by atoms with van der Waals surface area (Å²) in [4.78, 5) is 35.2. The Labute approximate surface area is 131 Å². The molecule has 2 aliphatic rings. The number of non-ortho nitro benzene ring substituents is 1. The summed E-state index contributed by atoms with van der Waals surface area (Å²) in [6.45, 7) is 1.79. The van der Waals surface area contributed by atoms with Crippen LogP contribution in [0, 0.1) is 10.1 Å². The molecule has 0 saturated carbocycles. The van der Waals surface area contributed by atoms with Gasteiger partial charge in [0.2, 0.25) is 5.91 Å². The van der Waals surface area contributed by atoms with Crippen LogP contribution in [0.2, 0.25) is 0 Å². The lowest BCUT2D eigenvalue weighted by Crippen LogP contribution is -2.50. The molecule has 0 aliphatic carbocycles. The fourth-order valence-corrected chi connectivity index (χ4v) is 2.50. The first-order chi connectivity index (χ1) is 11.0. The van der Waals surface area contributed by atoms with Crippen molar-refractivity contribution in [3.63, 3.8) is 0 Å². The van der Waals surface area contributed by atoms with Crippen molar-refractivity contribution in [2.75, 3.05) is 0 Å². The van der Waals surface area contributed by atoms with E-state index in [1.165, 1.54) is 29.2 Å². The number of hydrogen-bond donors (Lipinski definition) is 0. The molecule has 0 N–H and O–H groups in total. The van der Waals surface area contributed by atoms with E-state index in [2.05, 4.69) is 0 Å². The number of β-lactam (4-membered cyclic amide) rings is 1. The van der Waals surface area contributed by atoms with Gasteiger partial charge in [-0.05, 0) is 17.7 Å². The van der Waals surface area contributed by atoms with E-state index in [1.54, 1.807) is 0 Å². The highest BCUT2D eigenvalue weighted by atomic mass is 16.6. The maximum Gasteiger partial charge on any atom is 0.359 e. The average molecular weight is 318 g/mol. The molecular formula is C15H14N2O6. The highest BCUT2D eigenvalue weighted by Gasteiger charge is 2.49. The quantitative estimate of drug-likeness (QED) is 0.355. The van der Waals surface area contributed by atoms with Gasteiger partial charge in [0.1, 0.15) is 12.4 Å². The molecule has 1 amide bonds. The van der Waals surface area contributed by atoms with E-state index in [9.17, 15) is 19.7 Å². The predicted octanol–water partition coefficient (Wildman–Crippen LogP) is 1.85. The number of hydrogen-bond acceptors (Lipinski definition) is 6. The van der Waals surface area contributed by atoms with E-state index in [0.29, 0.717) is 17.7 Å². The molecule has 1 atom stereocenters. The molecule has 23 heavy (non-hydrogen) atoms. The molecule has 1 aromatic carbocycles. The van der Waals surface area contributed by atoms with Crippen LogP contribution in [0.15, 0.2) is 35.7 Å². The van der Waals surface area contributed by atoms with Gasteiger partial charge in [0, 0.05) is 18.6 Å².